The van der Waals surface area contributed by atoms with E-state index in [0.717, 1.165) is 15.9 Å². The predicted octanol–water partition coefficient (Wildman–Crippen LogP) is 5.51. The van der Waals surface area contributed by atoms with Crippen LogP contribution in [-0.4, -0.2) is 24.1 Å². The molecular weight excluding hydrogens is 422 g/mol. The minimum atomic E-state index is 0.602. The Morgan fingerprint density at radius 2 is 1.70 bits per heavy atom. The molecule has 140 valence electrons. The molecule has 0 radical (unpaired) electrons. The fourth-order valence-electron chi connectivity index (χ4n) is 2.65. The number of thiocarbonyl (C=S) groups is 1. The van der Waals surface area contributed by atoms with Gasteiger partial charge in [0, 0.05) is 36.5 Å². The summed E-state index contributed by atoms with van der Waals surface area (Å²) in [6.45, 7) is 1.29. The van der Waals surface area contributed by atoms with Crippen LogP contribution >= 0.6 is 28.1 Å². The van der Waals surface area contributed by atoms with Gasteiger partial charge in [-0.3, -0.25) is 0 Å². The third-order valence-electron chi connectivity index (χ3n) is 4.14. The SMILES string of the molecule is CN(C)c1ccc(CN(Cc2ccco2)C(=S)Nc2ccc(Br)cc2)cc1. The van der Waals surface area contributed by atoms with E-state index in [2.05, 4.69) is 55.3 Å². The van der Waals surface area contributed by atoms with Crippen molar-refractivity contribution in [1.82, 2.24) is 4.90 Å². The number of furan rings is 1. The Bertz CT molecular complexity index is 861. The number of nitrogens with one attached hydrogen (secondary N) is 1. The summed E-state index contributed by atoms with van der Waals surface area (Å²) >= 11 is 9.14. The highest BCUT2D eigenvalue weighted by molar-refractivity contribution is 9.10. The molecule has 0 saturated carbocycles. The van der Waals surface area contributed by atoms with E-state index in [1.807, 2.05) is 50.5 Å². The molecule has 27 heavy (non-hydrogen) atoms. The zero-order chi connectivity index (χ0) is 19.2. The van der Waals surface area contributed by atoms with Crippen molar-refractivity contribution in [1.29, 1.82) is 0 Å². The quantitative estimate of drug-likeness (QED) is 0.507. The van der Waals surface area contributed by atoms with Crippen LogP contribution in [0.1, 0.15) is 11.3 Å². The first-order valence-electron chi connectivity index (χ1n) is 8.61. The second-order valence-corrected chi connectivity index (χ2v) is 7.74. The summed E-state index contributed by atoms with van der Waals surface area (Å²) in [6.07, 6.45) is 1.69. The minimum absolute atomic E-state index is 0.602. The van der Waals surface area contributed by atoms with Crippen LogP contribution in [0.5, 0.6) is 0 Å². The average Bonchev–Trinajstić information content (AvgIpc) is 3.16. The van der Waals surface area contributed by atoms with Crippen LogP contribution in [0.4, 0.5) is 11.4 Å². The topological polar surface area (TPSA) is 31.6 Å². The van der Waals surface area contributed by atoms with Crippen molar-refractivity contribution in [3.05, 3.63) is 82.7 Å². The number of hydrogen-bond acceptors (Lipinski definition) is 3. The summed E-state index contributed by atoms with van der Waals surface area (Å²) in [5, 5.41) is 3.98. The van der Waals surface area contributed by atoms with Gasteiger partial charge in [-0.15, -0.1) is 0 Å². The van der Waals surface area contributed by atoms with Crippen LogP contribution in [0.25, 0.3) is 0 Å². The largest absolute Gasteiger partial charge is 0.467 e. The van der Waals surface area contributed by atoms with Crippen LogP contribution in [-0.2, 0) is 13.1 Å². The number of anilines is 2. The van der Waals surface area contributed by atoms with Gasteiger partial charge >= 0.3 is 0 Å². The third kappa shape index (κ3) is 5.58. The molecule has 3 rings (SSSR count). The van der Waals surface area contributed by atoms with Crippen molar-refractivity contribution >= 4 is 44.6 Å². The molecule has 3 aromatic rings. The van der Waals surface area contributed by atoms with E-state index in [1.165, 1.54) is 11.3 Å². The Labute approximate surface area is 173 Å². The number of halogens is 1. The Kier molecular flexibility index (Phi) is 6.53. The number of rotatable bonds is 6. The van der Waals surface area contributed by atoms with E-state index in [1.54, 1.807) is 6.26 Å². The highest BCUT2D eigenvalue weighted by Crippen LogP contribution is 2.18. The molecule has 0 spiro atoms. The van der Waals surface area contributed by atoms with Gasteiger partial charge in [0.15, 0.2) is 5.11 Å². The molecule has 0 bridgehead atoms. The predicted molar refractivity (Wildman–Crippen MR) is 119 cm³/mol. The summed E-state index contributed by atoms with van der Waals surface area (Å²) in [5.41, 5.74) is 3.31. The highest BCUT2D eigenvalue weighted by Gasteiger charge is 2.13. The molecule has 1 heterocycles. The molecule has 0 aliphatic rings. The average molecular weight is 444 g/mol. The lowest BCUT2D eigenvalue weighted by Gasteiger charge is -2.25. The third-order valence-corrected chi connectivity index (χ3v) is 5.02. The molecule has 0 aliphatic carbocycles. The van der Waals surface area contributed by atoms with E-state index in [-0.39, 0.29) is 0 Å². The van der Waals surface area contributed by atoms with Crippen LogP contribution in [0.3, 0.4) is 0 Å². The smallest absolute Gasteiger partial charge is 0.174 e. The van der Waals surface area contributed by atoms with Crippen LogP contribution in [0.15, 0.2) is 75.8 Å². The van der Waals surface area contributed by atoms with Gasteiger partial charge in [0.25, 0.3) is 0 Å². The van der Waals surface area contributed by atoms with Crippen molar-refractivity contribution in [2.45, 2.75) is 13.1 Å². The molecule has 4 nitrogen and oxygen atoms in total. The van der Waals surface area contributed by atoms with Gasteiger partial charge in [-0.2, -0.15) is 0 Å². The van der Waals surface area contributed by atoms with Gasteiger partial charge < -0.3 is 19.5 Å². The molecule has 1 N–H and O–H groups in total. The maximum atomic E-state index is 5.68. The number of benzene rings is 2. The highest BCUT2D eigenvalue weighted by atomic mass is 79.9. The molecule has 0 atom stereocenters. The lowest BCUT2D eigenvalue weighted by molar-refractivity contribution is 0.360. The van der Waals surface area contributed by atoms with Crippen molar-refractivity contribution < 1.29 is 4.42 Å². The molecule has 0 saturated heterocycles. The van der Waals surface area contributed by atoms with Gasteiger partial charge in [0.05, 0.1) is 12.8 Å². The maximum Gasteiger partial charge on any atom is 0.174 e. The Balaban J connectivity index is 1.75. The summed E-state index contributed by atoms with van der Waals surface area (Å²) < 4.78 is 6.56. The molecule has 0 aliphatic heterocycles. The monoisotopic (exact) mass is 443 g/mol. The maximum absolute atomic E-state index is 5.68. The van der Waals surface area contributed by atoms with E-state index in [0.29, 0.717) is 18.2 Å². The number of nitrogens with zero attached hydrogens (tertiary/aromatic N) is 2. The zero-order valence-corrected chi connectivity index (χ0v) is 17.8. The lowest BCUT2D eigenvalue weighted by Crippen LogP contribution is -2.33. The summed E-state index contributed by atoms with van der Waals surface area (Å²) in [7, 11) is 4.07. The molecule has 0 unspecified atom stereocenters. The number of hydrogen-bond donors (Lipinski definition) is 1. The van der Waals surface area contributed by atoms with Crippen molar-refractivity contribution in [3.8, 4) is 0 Å². The molecule has 1 aromatic heterocycles. The molecule has 6 heteroatoms. The van der Waals surface area contributed by atoms with E-state index in [9.17, 15) is 0 Å². The Morgan fingerprint density at radius 3 is 2.30 bits per heavy atom. The fourth-order valence-corrected chi connectivity index (χ4v) is 3.16. The standard InChI is InChI=1S/C21H22BrN3OS/c1-24(2)19-11-5-16(6-12-19)14-25(15-20-4-3-13-26-20)21(27)23-18-9-7-17(22)8-10-18/h3-13H,14-15H2,1-2H3,(H,23,27). The first kappa shape index (κ1) is 19.5. The molecular formula is C21H22BrN3OS. The Hall–Kier alpha value is -2.31. The van der Waals surface area contributed by atoms with Crippen molar-refractivity contribution in [2.24, 2.45) is 0 Å². The fraction of sp³-hybridized carbons (Fsp3) is 0.190. The van der Waals surface area contributed by atoms with Gasteiger partial charge in [-0.05, 0) is 66.3 Å². The van der Waals surface area contributed by atoms with Crippen molar-refractivity contribution in [2.75, 3.05) is 24.3 Å². The van der Waals surface area contributed by atoms with Gasteiger partial charge in [0.1, 0.15) is 5.76 Å². The first-order chi connectivity index (χ1) is 13.0. The van der Waals surface area contributed by atoms with E-state index < -0.39 is 0 Å². The molecule has 0 amide bonds. The minimum Gasteiger partial charge on any atom is -0.467 e. The molecule has 2 aromatic carbocycles. The normalized spacial score (nSPS) is 10.5. The van der Waals surface area contributed by atoms with Gasteiger partial charge in [-0.25, -0.2) is 0 Å². The first-order valence-corrected chi connectivity index (χ1v) is 9.81. The lowest BCUT2D eigenvalue weighted by atomic mass is 10.2. The van der Waals surface area contributed by atoms with E-state index in [4.69, 9.17) is 16.6 Å². The van der Waals surface area contributed by atoms with Crippen LogP contribution < -0.4 is 10.2 Å². The van der Waals surface area contributed by atoms with Crippen LogP contribution in [0, 0.1) is 0 Å². The van der Waals surface area contributed by atoms with Crippen LogP contribution in [0.2, 0.25) is 0 Å². The summed E-state index contributed by atoms with van der Waals surface area (Å²) in [5.74, 6) is 0.875. The molecule has 0 fully saturated rings. The van der Waals surface area contributed by atoms with Gasteiger partial charge in [-0.1, -0.05) is 28.1 Å². The van der Waals surface area contributed by atoms with E-state index >= 15 is 0 Å². The second kappa shape index (κ2) is 9.06. The summed E-state index contributed by atoms with van der Waals surface area (Å²) in [6, 6.07) is 20.3. The van der Waals surface area contributed by atoms with Crippen molar-refractivity contribution in [3.63, 3.8) is 0 Å². The second-order valence-electron chi connectivity index (χ2n) is 6.43. The Morgan fingerprint density at radius 1 is 1.00 bits per heavy atom. The summed E-state index contributed by atoms with van der Waals surface area (Å²) in [4.78, 5) is 4.19. The zero-order valence-electron chi connectivity index (χ0n) is 15.4. The van der Waals surface area contributed by atoms with Gasteiger partial charge in [0.2, 0.25) is 0 Å².